The van der Waals surface area contributed by atoms with Crippen molar-refractivity contribution in [3.05, 3.63) is 34.0 Å². The first kappa shape index (κ1) is 18.9. The molecule has 3 atom stereocenters. The lowest BCUT2D eigenvalue weighted by atomic mass is 9.80. The predicted molar refractivity (Wildman–Crippen MR) is 108 cm³/mol. The van der Waals surface area contributed by atoms with E-state index in [2.05, 4.69) is 28.7 Å². The van der Waals surface area contributed by atoms with E-state index in [1.807, 2.05) is 11.1 Å². The fourth-order valence-electron chi connectivity index (χ4n) is 4.72. The highest BCUT2D eigenvalue weighted by Gasteiger charge is 2.46. The summed E-state index contributed by atoms with van der Waals surface area (Å²) in [7, 11) is 0. The van der Waals surface area contributed by atoms with Crippen molar-refractivity contribution in [2.45, 2.75) is 44.5 Å². The van der Waals surface area contributed by atoms with Crippen LogP contribution >= 0.6 is 11.3 Å². The molecule has 2 aromatic heterocycles. The quantitative estimate of drug-likeness (QED) is 0.741. The van der Waals surface area contributed by atoms with Gasteiger partial charge in [-0.2, -0.15) is 0 Å². The Balaban J connectivity index is 1.43. The first-order valence-electron chi connectivity index (χ1n) is 10.1. The Hall–Kier alpha value is -2.10. The topological polar surface area (TPSA) is 80.7 Å². The van der Waals surface area contributed by atoms with Crippen LogP contribution in [0.15, 0.2) is 17.1 Å². The standard InChI is InChI=1S/C20H25N5O3S/c1-13-6-25(7-14(2)28-13)19-21-5-15-8-27-11-20(17(15)23-19)3-4-24(10-20)18(26)16-9-29-12-22-16/h5,9,12-14H,3-4,6-8,10-11H2,1-2H3. The molecule has 29 heavy (non-hydrogen) atoms. The van der Waals surface area contributed by atoms with E-state index < -0.39 is 0 Å². The highest BCUT2D eigenvalue weighted by Crippen LogP contribution is 2.40. The van der Waals surface area contributed by atoms with Gasteiger partial charge in [-0.05, 0) is 20.3 Å². The van der Waals surface area contributed by atoms with Crippen molar-refractivity contribution in [1.29, 1.82) is 0 Å². The maximum absolute atomic E-state index is 12.8. The Morgan fingerprint density at radius 1 is 1.28 bits per heavy atom. The molecule has 2 fully saturated rings. The molecule has 0 aromatic carbocycles. The van der Waals surface area contributed by atoms with Gasteiger partial charge in [-0.3, -0.25) is 4.79 Å². The molecule has 5 heterocycles. The van der Waals surface area contributed by atoms with Gasteiger partial charge in [0.1, 0.15) is 5.69 Å². The summed E-state index contributed by atoms with van der Waals surface area (Å²) in [6.45, 7) is 8.10. The third-order valence-corrected chi connectivity index (χ3v) is 6.57. The van der Waals surface area contributed by atoms with Crippen LogP contribution < -0.4 is 4.90 Å². The largest absolute Gasteiger partial charge is 0.376 e. The number of rotatable bonds is 2. The third kappa shape index (κ3) is 3.41. The second-order valence-electron chi connectivity index (χ2n) is 8.33. The van der Waals surface area contributed by atoms with E-state index in [0.29, 0.717) is 32.0 Å². The number of aromatic nitrogens is 3. The third-order valence-electron chi connectivity index (χ3n) is 5.98. The van der Waals surface area contributed by atoms with Crippen molar-refractivity contribution in [3.8, 4) is 0 Å². The minimum Gasteiger partial charge on any atom is -0.376 e. The average molecular weight is 416 g/mol. The van der Waals surface area contributed by atoms with Gasteiger partial charge in [-0.25, -0.2) is 15.0 Å². The van der Waals surface area contributed by atoms with Crippen molar-refractivity contribution in [3.63, 3.8) is 0 Å². The van der Waals surface area contributed by atoms with Crippen molar-refractivity contribution < 1.29 is 14.3 Å². The summed E-state index contributed by atoms with van der Waals surface area (Å²) in [5, 5.41) is 1.81. The summed E-state index contributed by atoms with van der Waals surface area (Å²) in [6, 6.07) is 0. The van der Waals surface area contributed by atoms with E-state index in [0.717, 1.165) is 36.7 Å². The van der Waals surface area contributed by atoms with E-state index in [4.69, 9.17) is 14.5 Å². The van der Waals surface area contributed by atoms with E-state index in [-0.39, 0.29) is 23.5 Å². The number of hydrogen-bond donors (Lipinski definition) is 0. The summed E-state index contributed by atoms with van der Waals surface area (Å²) >= 11 is 1.44. The zero-order chi connectivity index (χ0) is 20.0. The number of anilines is 1. The number of thiazole rings is 1. The lowest BCUT2D eigenvalue weighted by Gasteiger charge is -2.38. The zero-order valence-corrected chi connectivity index (χ0v) is 17.5. The maximum atomic E-state index is 12.8. The van der Waals surface area contributed by atoms with Crippen molar-refractivity contribution in [2.24, 2.45) is 0 Å². The molecule has 0 saturated carbocycles. The molecule has 1 amide bonds. The lowest BCUT2D eigenvalue weighted by Crippen LogP contribution is -2.47. The second kappa shape index (κ2) is 7.30. The highest BCUT2D eigenvalue weighted by molar-refractivity contribution is 7.07. The molecule has 0 radical (unpaired) electrons. The number of nitrogens with zero attached hydrogens (tertiary/aromatic N) is 5. The minimum absolute atomic E-state index is 0.0136. The van der Waals surface area contributed by atoms with Crippen LogP contribution in [0, 0.1) is 0 Å². The zero-order valence-electron chi connectivity index (χ0n) is 16.7. The fourth-order valence-corrected chi connectivity index (χ4v) is 5.24. The number of likely N-dealkylation sites (tertiary alicyclic amines) is 1. The van der Waals surface area contributed by atoms with E-state index in [9.17, 15) is 4.79 Å². The molecule has 0 aliphatic carbocycles. The molecular weight excluding hydrogens is 390 g/mol. The number of ether oxygens (including phenoxy) is 2. The summed E-state index contributed by atoms with van der Waals surface area (Å²) in [5.41, 5.74) is 4.00. The lowest BCUT2D eigenvalue weighted by molar-refractivity contribution is -0.00584. The molecule has 154 valence electrons. The summed E-state index contributed by atoms with van der Waals surface area (Å²) in [4.78, 5) is 30.7. The molecule has 3 aliphatic rings. The molecule has 0 bridgehead atoms. The van der Waals surface area contributed by atoms with E-state index in [1.165, 1.54) is 11.3 Å². The molecular formula is C20H25N5O3S. The Kier molecular flexibility index (Phi) is 4.76. The van der Waals surface area contributed by atoms with Crippen LogP contribution in [0.25, 0.3) is 0 Å². The van der Waals surface area contributed by atoms with Gasteiger partial charge in [0.05, 0.1) is 42.0 Å². The van der Waals surface area contributed by atoms with Gasteiger partial charge in [0.2, 0.25) is 5.95 Å². The number of morpholine rings is 1. The van der Waals surface area contributed by atoms with Gasteiger partial charge in [0.25, 0.3) is 5.91 Å². The van der Waals surface area contributed by atoms with Gasteiger partial charge >= 0.3 is 0 Å². The Labute approximate surface area is 173 Å². The molecule has 9 heteroatoms. The highest BCUT2D eigenvalue weighted by atomic mass is 32.1. The summed E-state index contributed by atoms with van der Waals surface area (Å²) < 4.78 is 11.8. The summed E-state index contributed by atoms with van der Waals surface area (Å²) in [5.74, 6) is 0.733. The van der Waals surface area contributed by atoms with Gasteiger partial charge in [-0.1, -0.05) is 0 Å². The van der Waals surface area contributed by atoms with Crippen LogP contribution in [-0.4, -0.2) is 70.8 Å². The van der Waals surface area contributed by atoms with Crippen LogP contribution in [0.1, 0.15) is 42.0 Å². The van der Waals surface area contributed by atoms with Crippen LogP contribution in [0.4, 0.5) is 5.95 Å². The number of hydrogen-bond acceptors (Lipinski definition) is 8. The van der Waals surface area contributed by atoms with Gasteiger partial charge < -0.3 is 19.3 Å². The molecule has 0 N–H and O–H groups in total. The van der Waals surface area contributed by atoms with Crippen LogP contribution in [0.3, 0.4) is 0 Å². The monoisotopic (exact) mass is 415 g/mol. The van der Waals surface area contributed by atoms with Crippen molar-refractivity contribution >= 4 is 23.2 Å². The van der Waals surface area contributed by atoms with E-state index in [1.54, 1.807) is 10.9 Å². The van der Waals surface area contributed by atoms with Crippen molar-refractivity contribution in [2.75, 3.05) is 37.7 Å². The molecule has 3 aliphatic heterocycles. The van der Waals surface area contributed by atoms with E-state index >= 15 is 0 Å². The minimum atomic E-state index is -0.277. The van der Waals surface area contributed by atoms with Crippen LogP contribution in [0.2, 0.25) is 0 Å². The second-order valence-corrected chi connectivity index (χ2v) is 9.05. The number of fused-ring (bicyclic) bond motifs is 2. The predicted octanol–water partition coefficient (Wildman–Crippen LogP) is 1.86. The number of amides is 1. The average Bonchev–Trinajstić information content (AvgIpc) is 3.38. The fraction of sp³-hybridized carbons (Fsp3) is 0.600. The van der Waals surface area contributed by atoms with Gasteiger partial charge in [0.15, 0.2) is 0 Å². The Morgan fingerprint density at radius 2 is 2.10 bits per heavy atom. The molecule has 5 rings (SSSR count). The smallest absolute Gasteiger partial charge is 0.273 e. The molecule has 1 spiro atoms. The van der Waals surface area contributed by atoms with Gasteiger partial charge in [-0.15, -0.1) is 11.3 Å². The number of carbonyl (C=O) groups excluding carboxylic acids is 1. The molecule has 8 nitrogen and oxygen atoms in total. The maximum Gasteiger partial charge on any atom is 0.273 e. The summed E-state index contributed by atoms with van der Waals surface area (Å²) in [6.07, 6.45) is 3.03. The van der Waals surface area contributed by atoms with Crippen LogP contribution in [0.5, 0.6) is 0 Å². The molecule has 3 unspecified atom stereocenters. The first-order valence-corrected chi connectivity index (χ1v) is 11.0. The van der Waals surface area contributed by atoms with Gasteiger partial charge in [0, 0.05) is 43.3 Å². The Morgan fingerprint density at radius 3 is 2.86 bits per heavy atom. The van der Waals surface area contributed by atoms with Crippen molar-refractivity contribution in [1.82, 2.24) is 19.9 Å². The number of carbonyl (C=O) groups is 1. The SMILES string of the molecule is CC1CN(c2ncc3c(n2)C2(CCN(C(=O)c4cscn4)C2)COC3)CC(C)O1. The first-order chi connectivity index (χ1) is 14.0. The normalized spacial score (nSPS) is 29.3. The van der Waals surface area contributed by atoms with Crippen LogP contribution in [-0.2, 0) is 21.5 Å². The molecule has 2 saturated heterocycles. The molecule has 2 aromatic rings. The Bertz CT molecular complexity index is 898.